The van der Waals surface area contributed by atoms with E-state index in [9.17, 15) is 0 Å². The van der Waals surface area contributed by atoms with Crippen LogP contribution in [0.25, 0.3) is 5.65 Å². The molecule has 2 fully saturated rings. The normalized spacial score (nSPS) is 26.5. The Hall–Kier alpha value is -1.45. The molecule has 118 valence electrons. The third-order valence-electron chi connectivity index (χ3n) is 4.43. The average Bonchev–Trinajstić information content (AvgIpc) is 3.23. The minimum Gasteiger partial charge on any atom is -0.379 e. The molecule has 4 rings (SSSR count). The highest BCUT2D eigenvalue weighted by atomic mass is 32.2. The second-order valence-electron chi connectivity index (χ2n) is 5.73. The lowest BCUT2D eigenvalue weighted by Gasteiger charge is -2.43. The summed E-state index contributed by atoms with van der Waals surface area (Å²) in [5.74, 6) is 3.19. The van der Waals surface area contributed by atoms with E-state index in [0.29, 0.717) is 5.65 Å². The molecule has 2 aromatic rings. The fraction of sp³-hybridized carbons (Fsp3) is 0.692. The topological polar surface area (TPSA) is 80.5 Å². The number of hydrogen-bond donors (Lipinski definition) is 1. The van der Waals surface area contributed by atoms with Gasteiger partial charge in [-0.2, -0.15) is 11.8 Å². The molecule has 0 aliphatic carbocycles. The number of thioether (sulfide) groups is 1. The van der Waals surface area contributed by atoms with Gasteiger partial charge in [0.15, 0.2) is 5.65 Å². The van der Waals surface area contributed by atoms with Crippen molar-refractivity contribution in [3.05, 3.63) is 12.1 Å². The maximum absolute atomic E-state index is 5.50. The number of rotatable bonds is 4. The molecule has 0 unspecified atom stereocenters. The number of tetrazole rings is 1. The molecular weight excluding hydrogens is 302 g/mol. The Morgan fingerprint density at radius 2 is 2.23 bits per heavy atom. The van der Waals surface area contributed by atoms with Crippen LogP contribution in [0.15, 0.2) is 12.1 Å². The Morgan fingerprint density at radius 3 is 3.05 bits per heavy atom. The van der Waals surface area contributed by atoms with Crippen LogP contribution in [0.4, 0.5) is 5.82 Å². The summed E-state index contributed by atoms with van der Waals surface area (Å²) in [6.45, 7) is 4.59. The zero-order chi connectivity index (χ0) is 14.8. The highest BCUT2D eigenvalue weighted by Gasteiger charge is 2.40. The van der Waals surface area contributed by atoms with Crippen molar-refractivity contribution >= 4 is 23.2 Å². The highest BCUT2D eigenvalue weighted by molar-refractivity contribution is 7.99. The first-order chi connectivity index (χ1) is 10.9. The minimum absolute atomic E-state index is 0.200. The van der Waals surface area contributed by atoms with Crippen LogP contribution in [-0.4, -0.2) is 80.0 Å². The van der Waals surface area contributed by atoms with Gasteiger partial charge in [-0.05, 0) is 34.7 Å². The van der Waals surface area contributed by atoms with Gasteiger partial charge in [-0.25, -0.2) is 0 Å². The summed E-state index contributed by atoms with van der Waals surface area (Å²) < 4.78 is 6.95. The van der Waals surface area contributed by atoms with Crippen LogP contribution in [0.5, 0.6) is 0 Å². The summed E-state index contributed by atoms with van der Waals surface area (Å²) in [5.41, 5.74) is 0.857. The Labute approximate surface area is 132 Å². The van der Waals surface area contributed by atoms with Crippen LogP contribution in [0.2, 0.25) is 0 Å². The first-order valence-corrected chi connectivity index (χ1v) is 8.71. The second kappa shape index (κ2) is 5.98. The number of nitrogens with one attached hydrogen (secondary N) is 1. The van der Waals surface area contributed by atoms with Crippen LogP contribution in [0, 0.1) is 0 Å². The molecule has 4 heterocycles. The van der Waals surface area contributed by atoms with Crippen molar-refractivity contribution in [2.24, 2.45) is 0 Å². The van der Waals surface area contributed by atoms with Crippen molar-refractivity contribution in [1.82, 2.24) is 30.2 Å². The maximum Gasteiger partial charge on any atom is 0.200 e. The third-order valence-corrected chi connectivity index (χ3v) is 5.67. The van der Waals surface area contributed by atoms with Gasteiger partial charge < -0.3 is 10.1 Å². The Bertz CT molecular complexity index is 636. The van der Waals surface area contributed by atoms with Crippen LogP contribution in [-0.2, 0) is 4.74 Å². The molecule has 0 bridgehead atoms. The van der Waals surface area contributed by atoms with Crippen molar-refractivity contribution in [3.63, 3.8) is 0 Å². The Morgan fingerprint density at radius 1 is 1.32 bits per heavy atom. The maximum atomic E-state index is 5.50. The number of ether oxygens (including phenoxy) is 1. The zero-order valence-electron chi connectivity index (χ0n) is 12.3. The van der Waals surface area contributed by atoms with Gasteiger partial charge in [0.05, 0.1) is 13.2 Å². The molecule has 0 aromatic carbocycles. The molecule has 1 atom stereocenters. The summed E-state index contributed by atoms with van der Waals surface area (Å²) in [7, 11) is 0. The lowest BCUT2D eigenvalue weighted by Crippen LogP contribution is -2.57. The van der Waals surface area contributed by atoms with Gasteiger partial charge in [-0.1, -0.05) is 0 Å². The molecule has 2 aliphatic heterocycles. The highest BCUT2D eigenvalue weighted by Crippen LogP contribution is 2.34. The first-order valence-electron chi connectivity index (χ1n) is 7.56. The molecule has 0 saturated carbocycles. The van der Waals surface area contributed by atoms with Crippen molar-refractivity contribution < 1.29 is 4.74 Å². The van der Waals surface area contributed by atoms with E-state index >= 15 is 0 Å². The largest absolute Gasteiger partial charge is 0.379 e. The second-order valence-corrected chi connectivity index (χ2v) is 6.83. The first kappa shape index (κ1) is 14.2. The van der Waals surface area contributed by atoms with Crippen LogP contribution < -0.4 is 5.32 Å². The summed E-state index contributed by atoms with van der Waals surface area (Å²) in [5, 5.41) is 19.2. The van der Waals surface area contributed by atoms with Crippen LogP contribution >= 0.6 is 11.8 Å². The molecule has 2 aliphatic rings. The van der Waals surface area contributed by atoms with Gasteiger partial charge in [0.25, 0.3) is 0 Å². The zero-order valence-corrected chi connectivity index (χ0v) is 13.1. The Balaban J connectivity index is 1.49. The predicted molar refractivity (Wildman–Crippen MR) is 84.1 cm³/mol. The summed E-state index contributed by atoms with van der Waals surface area (Å²) in [6, 6.07) is 3.81. The molecular formula is C13H19N7OS. The van der Waals surface area contributed by atoms with Crippen molar-refractivity contribution in [2.45, 2.75) is 12.0 Å². The summed E-state index contributed by atoms with van der Waals surface area (Å²) >= 11 is 2.03. The molecule has 8 nitrogen and oxygen atoms in total. The molecule has 1 N–H and O–H groups in total. The van der Waals surface area contributed by atoms with Gasteiger partial charge in [-0.15, -0.1) is 14.8 Å². The fourth-order valence-electron chi connectivity index (χ4n) is 3.13. The van der Waals surface area contributed by atoms with Crippen molar-refractivity contribution in [3.8, 4) is 0 Å². The van der Waals surface area contributed by atoms with E-state index in [-0.39, 0.29) is 5.54 Å². The van der Waals surface area contributed by atoms with E-state index < -0.39 is 0 Å². The molecule has 22 heavy (non-hydrogen) atoms. The third kappa shape index (κ3) is 2.64. The average molecular weight is 321 g/mol. The van der Waals surface area contributed by atoms with Gasteiger partial charge in [0, 0.05) is 30.9 Å². The van der Waals surface area contributed by atoms with Crippen molar-refractivity contribution in [2.75, 3.05) is 49.7 Å². The van der Waals surface area contributed by atoms with Crippen molar-refractivity contribution in [1.29, 1.82) is 0 Å². The molecule has 2 aromatic heterocycles. The Kier molecular flexibility index (Phi) is 3.85. The molecule has 2 saturated heterocycles. The lowest BCUT2D eigenvalue weighted by molar-refractivity contribution is -0.00923. The monoisotopic (exact) mass is 321 g/mol. The smallest absolute Gasteiger partial charge is 0.200 e. The summed E-state index contributed by atoms with van der Waals surface area (Å²) in [6.07, 6.45) is 1.21. The standard InChI is InChI=1S/C13H19N7OS/c1-2-12-15-17-18-20(12)16-11(1)14-9-13(3-8-22-10-13)19-4-6-21-7-5-19/h1-2H,3-10H2,(H,14,16)/t13-/m1/s1. The van der Waals surface area contributed by atoms with E-state index in [4.69, 9.17) is 4.74 Å². The van der Waals surface area contributed by atoms with E-state index in [2.05, 4.69) is 30.8 Å². The van der Waals surface area contributed by atoms with E-state index in [1.165, 1.54) is 16.8 Å². The molecule has 0 amide bonds. The molecule has 9 heteroatoms. The summed E-state index contributed by atoms with van der Waals surface area (Å²) in [4.78, 5) is 2.58. The minimum atomic E-state index is 0.200. The van der Waals surface area contributed by atoms with Gasteiger partial charge >= 0.3 is 0 Å². The lowest BCUT2D eigenvalue weighted by atomic mass is 9.95. The molecule has 0 radical (unpaired) electrons. The van der Waals surface area contributed by atoms with E-state index in [1.54, 1.807) is 0 Å². The fourth-order valence-corrected chi connectivity index (χ4v) is 4.61. The van der Waals surface area contributed by atoms with E-state index in [1.807, 2.05) is 23.9 Å². The van der Waals surface area contributed by atoms with E-state index in [0.717, 1.165) is 44.4 Å². The van der Waals surface area contributed by atoms with Crippen LogP contribution in [0.3, 0.4) is 0 Å². The van der Waals surface area contributed by atoms with Crippen LogP contribution in [0.1, 0.15) is 6.42 Å². The number of anilines is 1. The number of nitrogens with zero attached hydrogens (tertiary/aromatic N) is 6. The number of fused-ring (bicyclic) bond motifs is 1. The molecule has 0 spiro atoms. The van der Waals surface area contributed by atoms with Gasteiger partial charge in [0.2, 0.25) is 0 Å². The number of morpholine rings is 1. The van der Waals surface area contributed by atoms with Gasteiger partial charge in [0.1, 0.15) is 5.82 Å². The van der Waals surface area contributed by atoms with Gasteiger partial charge in [-0.3, -0.25) is 4.90 Å². The quantitative estimate of drug-likeness (QED) is 0.852. The number of aromatic nitrogens is 5. The predicted octanol–water partition coefficient (Wildman–Crippen LogP) is 0.139. The number of hydrogen-bond acceptors (Lipinski definition) is 8. The SMILES string of the molecule is c1cc2nnnn2nc1NC[C@]1(N2CCOCC2)CCSC1.